The second-order valence-electron chi connectivity index (χ2n) is 3.13. The lowest BCUT2D eigenvalue weighted by molar-refractivity contribution is 0.587. The molecule has 2 aromatic rings. The highest BCUT2D eigenvalue weighted by Gasteiger charge is 2.05. The summed E-state index contributed by atoms with van der Waals surface area (Å²) in [5.74, 6) is 0. The van der Waals surface area contributed by atoms with E-state index < -0.39 is 0 Å². The fraction of sp³-hybridized carbons (Fsp3) is 0.182. The van der Waals surface area contributed by atoms with Crippen molar-refractivity contribution in [3.8, 4) is 0 Å². The van der Waals surface area contributed by atoms with Gasteiger partial charge in [0.15, 0.2) is 0 Å². The van der Waals surface area contributed by atoms with Gasteiger partial charge in [-0.15, -0.1) is 11.8 Å². The zero-order chi connectivity index (χ0) is 10.1. The minimum atomic E-state index is 0.0544. The molecule has 1 aromatic heterocycles. The van der Waals surface area contributed by atoms with Crippen LogP contribution in [0.5, 0.6) is 0 Å². The Labute approximate surface area is 85.9 Å². The van der Waals surface area contributed by atoms with E-state index in [9.17, 15) is 4.79 Å². The number of hydrogen-bond donors (Lipinski definition) is 0. The van der Waals surface area contributed by atoms with E-state index in [4.69, 9.17) is 4.42 Å². The first kappa shape index (κ1) is 9.34. The summed E-state index contributed by atoms with van der Waals surface area (Å²) in [6.45, 7) is 1.97. The molecule has 0 aliphatic carbocycles. The molecule has 0 amide bonds. The van der Waals surface area contributed by atoms with Crippen molar-refractivity contribution in [1.82, 2.24) is 0 Å². The highest BCUT2D eigenvalue weighted by atomic mass is 32.2. The third-order valence-electron chi connectivity index (χ3n) is 2.12. The van der Waals surface area contributed by atoms with Gasteiger partial charge in [-0.2, -0.15) is 0 Å². The second kappa shape index (κ2) is 3.50. The van der Waals surface area contributed by atoms with E-state index in [-0.39, 0.29) is 5.43 Å². The topological polar surface area (TPSA) is 30.2 Å². The van der Waals surface area contributed by atoms with Crippen LogP contribution < -0.4 is 5.43 Å². The first-order chi connectivity index (χ1) is 6.72. The maximum absolute atomic E-state index is 11.8. The van der Waals surface area contributed by atoms with Gasteiger partial charge in [-0.1, -0.05) is 6.07 Å². The van der Waals surface area contributed by atoms with E-state index in [1.807, 2.05) is 31.4 Å². The molecule has 0 radical (unpaired) electrons. The van der Waals surface area contributed by atoms with E-state index in [1.165, 1.54) is 18.0 Å². The Hall–Kier alpha value is -1.22. The zero-order valence-corrected chi connectivity index (χ0v) is 8.85. The Morgan fingerprint density at radius 3 is 2.86 bits per heavy atom. The molecule has 0 bridgehead atoms. The monoisotopic (exact) mass is 206 g/mol. The van der Waals surface area contributed by atoms with Crippen LogP contribution in [0.3, 0.4) is 0 Å². The van der Waals surface area contributed by atoms with Gasteiger partial charge < -0.3 is 4.42 Å². The number of fused-ring (bicyclic) bond motifs is 1. The molecule has 3 heteroatoms. The average molecular weight is 206 g/mol. The smallest absolute Gasteiger partial charge is 0.206 e. The summed E-state index contributed by atoms with van der Waals surface area (Å²) in [6, 6.07) is 5.61. The van der Waals surface area contributed by atoms with E-state index in [1.54, 1.807) is 0 Å². The molecule has 1 heterocycles. The van der Waals surface area contributed by atoms with Gasteiger partial charge in [0.2, 0.25) is 5.43 Å². The summed E-state index contributed by atoms with van der Waals surface area (Å²) in [6.07, 6.45) is 3.39. The highest BCUT2D eigenvalue weighted by Crippen LogP contribution is 2.17. The fourth-order valence-electron chi connectivity index (χ4n) is 1.36. The van der Waals surface area contributed by atoms with E-state index >= 15 is 0 Å². The highest BCUT2D eigenvalue weighted by molar-refractivity contribution is 7.98. The van der Waals surface area contributed by atoms with Crippen LogP contribution in [0.1, 0.15) is 5.56 Å². The number of thioether (sulfide) groups is 1. The van der Waals surface area contributed by atoms with Crippen LogP contribution in [0.15, 0.2) is 38.6 Å². The average Bonchev–Trinajstić information content (AvgIpc) is 2.18. The molecule has 0 atom stereocenters. The minimum Gasteiger partial charge on any atom is -0.463 e. The number of benzene rings is 1. The van der Waals surface area contributed by atoms with Crippen LogP contribution in [0.2, 0.25) is 0 Å². The standard InChI is InChI=1S/C11H10O2S/c1-7-3-4-8-9(5-7)13-6-10(14-2)11(8)12/h3-6H,1-2H3. The summed E-state index contributed by atoms with van der Waals surface area (Å²) in [5.41, 5.74) is 1.81. The van der Waals surface area contributed by atoms with Crippen LogP contribution in [0.4, 0.5) is 0 Å². The first-order valence-electron chi connectivity index (χ1n) is 4.28. The van der Waals surface area contributed by atoms with Crippen molar-refractivity contribution in [2.75, 3.05) is 6.26 Å². The SMILES string of the molecule is CSc1coc2cc(C)ccc2c1=O. The molecule has 72 valence electrons. The van der Waals surface area contributed by atoms with Gasteiger partial charge in [-0.25, -0.2) is 0 Å². The Morgan fingerprint density at radius 1 is 1.36 bits per heavy atom. The molecular weight excluding hydrogens is 196 g/mol. The summed E-state index contributed by atoms with van der Waals surface area (Å²) < 4.78 is 5.37. The number of rotatable bonds is 1. The molecule has 0 aliphatic heterocycles. The van der Waals surface area contributed by atoms with Gasteiger partial charge in [0.25, 0.3) is 0 Å². The molecule has 2 nitrogen and oxygen atoms in total. The van der Waals surface area contributed by atoms with Crippen LogP contribution in [-0.4, -0.2) is 6.26 Å². The third-order valence-corrected chi connectivity index (χ3v) is 2.84. The lowest BCUT2D eigenvalue weighted by atomic mass is 10.2. The molecule has 0 aliphatic rings. The lowest BCUT2D eigenvalue weighted by Gasteiger charge is -1.99. The normalized spacial score (nSPS) is 10.7. The predicted octanol–water partition coefficient (Wildman–Crippen LogP) is 2.82. The lowest BCUT2D eigenvalue weighted by Crippen LogP contribution is -2.03. The Bertz CT molecular complexity index is 528. The second-order valence-corrected chi connectivity index (χ2v) is 3.98. The van der Waals surface area contributed by atoms with Crippen LogP contribution in [0, 0.1) is 6.92 Å². The maximum Gasteiger partial charge on any atom is 0.206 e. The van der Waals surface area contributed by atoms with Gasteiger partial charge in [-0.3, -0.25) is 4.79 Å². The van der Waals surface area contributed by atoms with Crippen molar-refractivity contribution in [1.29, 1.82) is 0 Å². The maximum atomic E-state index is 11.8. The van der Waals surface area contributed by atoms with Crippen molar-refractivity contribution >= 4 is 22.7 Å². The van der Waals surface area contributed by atoms with Crippen molar-refractivity contribution in [3.63, 3.8) is 0 Å². The summed E-state index contributed by atoms with van der Waals surface area (Å²) in [5, 5.41) is 0.655. The van der Waals surface area contributed by atoms with Crippen LogP contribution in [-0.2, 0) is 0 Å². The zero-order valence-electron chi connectivity index (χ0n) is 8.03. The van der Waals surface area contributed by atoms with Gasteiger partial charge in [-0.05, 0) is 30.9 Å². The van der Waals surface area contributed by atoms with Crippen molar-refractivity contribution in [3.05, 3.63) is 40.2 Å². The Morgan fingerprint density at radius 2 is 2.14 bits per heavy atom. The molecule has 0 saturated heterocycles. The van der Waals surface area contributed by atoms with Gasteiger partial charge in [0.05, 0.1) is 10.3 Å². The quantitative estimate of drug-likeness (QED) is 0.672. The third kappa shape index (κ3) is 1.44. The van der Waals surface area contributed by atoms with Gasteiger partial charge in [0, 0.05) is 0 Å². The van der Waals surface area contributed by atoms with Crippen LogP contribution in [0.25, 0.3) is 11.0 Å². The van der Waals surface area contributed by atoms with Gasteiger partial charge in [0.1, 0.15) is 11.8 Å². The molecule has 14 heavy (non-hydrogen) atoms. The largest absolute Gasteiger partial charge is 0.463 e. The molecule has 0 spiro atoms. The van der Waals surface area contributed by atoms with Crippen molar-refractivity contribution in [2.24, 2.45) is 0 Å². The first-order valence-corrected chi connectivity index (χ1v) is 5.51. The molecule has 2 rings (SSSR count). The van der Waals surface area contributed by atoms with Crippen molar-refractivity contribution in [2.45, 2.75) is 11.8 Å². The summed E-state index contributed by atoms with van der Waals surface area (Å²) in [4.78, 5) is 12.4. The van der Waals surface area contributed by atoms with Gasteiger partial charge >= 0.3 is 0 Å². The molecule has 0 fully saturated rings. The Kier molecular flexibility index (Phi) is 2.33. The van der Waals surface area contributed by atoms with Crippen LogP contribution >= 0.6 is 11.8 Å². The van der Waals surface area contributed by atoms with E-state index in [0.29, 0.717) is 15.9 Å². The molecule has 0 N–H and O–H groups in total. The molecule has 0 saturated carbocycles. The summed E-state index contributed by atoms with van der Waals surface area (Å²) in [7, 11) is 0. The predicted molar refractivity (Wildman–Crippen MR) is 59.0 cm³/mol. The minimum absolute atomic E-state index is 0.0544. The Balaban J connectivity index is 2.84. The molecule has 0 unspecified atom stereocenters. The fourth-order valence-corrected chi connectivity index (χ4v) is 1.80. The van der Waals surface area contributed by atoms with E-state index in [0.717, 1.165) is 5.56 Å². The van der Waals surface area contributed by atoms with Crippen molar-refractivity contribution < 1.29 is 4.42 Å². The molecule has 1 aromatic carbocycles. The summed E-state index contributed by atoms with van der Waals surface area (Å²) >= 11 is 1.41. The number of hydrogen-bond acceptors (Lipinski definition) is 3. The van der Waals surface area contributed by atoms with E-state index in [2.05, 4.69) is 0 Å². The molecular formula is C11H10O2S. The number of aryl methyl sites for hydroxylation is 1.